The Morgan fingerprint density at radius 3 is 2.79 bits per heavy atom. The third-order valence-corrected chi connectivity index (χ3v) is 1.60. The highest BCUT2D eigenvalue weighted by molar-refractivity contribution is 5.86. The molecule has 0 spiro atoms. The van der Waals surface area contributed by atoms with Crippen LogP contribution in [0.1, 0.15) is 10.4 Å². The molecule has 0 saturated heterocycles. The minimum atomic E-state index is -1.04. The van der Waals surface area contributed by atoms with Crippen LogP contribution < -0.4 is 10.00 Å². The average molecular weight is 196 g/mol. The van der Waals surface area contributed by atoms with Crippen molar-refractivity contribution < 1.29 is 19.4 Å². The monoisotopic (exact) mass is 196 g/mol. The number of carbonyl (C=O) groups is 2. The summed E-state index contributed by atoms with van der Waals surface area (Å²) in [6.45, 7) is 0.0798. The highest BCUT2D eigenvalue weighted by Crippen LogP contribution is 1.91. The summed E-state index contributed by atoms with van der Waals surface area (Å²) in [6.07, 6.45) is 2.64. The first-order valence-corrected chi connectivity index (χ1v) is 3.93. The molecule has 0 saturated carbocycles. The zero-order valence-corrected chi connectivity index (χ0v) is 7.60. The number of aromatic nitrogens is 2. The molecule has 6 heteroatoms. The van der Waals surface area contributed by atoms with E-state index in [0.29, 0.717) is 0 Å². The van der Waals surface area contributed by atoms with Crippen LogP contribution >= 0.6 is 0 Å². The summed E-state index contributed by atoms with van der Waals surface area (Å²) in [5.74, 6) is -1.23. The number of amides is 1. The number of carboxylic acid groups (broad SMARTS) is 1. The summed E-state index contributed by atoms with van der Waals surface area (Å²) in [7, 11) is 1.52. The number of hydrogen-bond donors (Lipinski definition) is 2. The van der Waals surface area contributed by atoms with E-state index in [4.69, 9.17) is 5.11 Å². The van der Waals surface area contributed by atoms with Gasteiger partial charge in [-0.15, -0.1) is 0 Å². The van der Waals surface area contributed by atoms with E-state index >= 15 is 0 Å². The topological polar surface area (TPSA) is 83.2 Å². The molecule has 0 aliphatic rings. The fourth-order valence-electron chi connectivity index (χ4n) is 0.830. The van der Waals surface area contributed by atoms with Crippen LogP contribution in [-0.2, 0) is 11.3 Å². The number of rotatable bonds is 3. The third-order valence-electron chi connectivity index (χ3n) is 1.60. The minimum Gasteiger partial charge on any atom is -0.478 e. The third kappa shape index (κ3) is 2.51. The number of carbonyl (C=O) groups excluding carboxylic acids is 1. The Morgan fingerprint density at radius 1 is 1.64 bits per heavy atom. The first-order chi connectivity index (χ1) is 6.63. The van der Waals surface area contributed by atoms with Crippen molar-refractivity contribution in [3.8, 4) is 0 Å². The van der Waals surface area contributed by atoms with Gasteiger partial charge in [-0.3, -0.25) is 4.79 Å². The van der Waals surface area contributed by atoms with E-state index in [2.05, 4.69) is 10.4 Å². The average Bonchev–Trinajstić information content (AvgIpc) is 2.18. The summed E-state index contributed by atoms with van der Waals surface area (Å²) >= 11 is 0. The van der Waals surface area contributed by atoms with Crippen LogP contribution in [0.2, 0.25) is 0 Å². The van der Waals surface area contributed by atoms with Gasteiger partial charge in [0.05, 0.1) is 5.56 Å². The standard InChI is InChI=1S/C8H9N3O3/c1-9-7(12)5-11-3-2-6(4-10-11)8(13)14/h2-4H,5H2,1H3,(H-,9,12,13,14)/p+1. The Bertz CT molecular complexity index is 347. The fraction of sp³-hybridized carbons (Fsp3) is 0.250. The van der Waals surface area contributed by atoms with Crippen molar-refractivity contribution >= 4 is 11.9 Å². The molecular weight excluding hydrogens is 186 g/mol. The van der Waals surface area contributed by atoms with Crippen LogP contribution in [0.3, 0.4) is 0 Å². The van der Waals surface area contributed by atoms with Crippen LogP contribution in [0.15, 0.2) is 18.5 Å². The van der Waals surface area contributed by atoms with Gasteiger partial charge in [0.25, 0.3) is 12.5 Å². The predicted molar refractivity (Wildman–Crippen MR) is 45.5 cm³/mol. The smallest absolute Gasteiger partial charge is 0.337 e. The first kappa shape index (κ1) is 10.1. The molecule has 0 aliphatic carbocycles. The Labute approximate surface area is 80.2 Å². The second-order valence-electron chi connectivity index (χ2n) is 2.59. The van der Waals surface area contributed by atoms with Crippen LogP contribution in [0.4, 0.5) is 0 Å². The normalized spacial score (nSPS) is 9.50. The number of nitrogens with one attached hydrogen (secondary N) is 1. The van der Waals surface area contributed by atoms with E-state index in [0.717, 1.165) is 0 Å². The van der Waals surface area contributed by atoms with Crippen molar-refractivity contribution in [3.05, 3.63) is 24.0 Å². The zero-order valence-electron chi connectivity index (χ0n) is 7.60. The number of hydrogen-bond acceptors (Lipinski definition) is 3. The van der Waals surface area contributed by atoms with Crippen molar-refractivity contribution in [3.63, 3.8) is 0 Å². The zero-order chi connectivity index (χ0) is 10.6. The second-order valence-corrected chi connectivity index (χ2v) is 2.59. The Morgan fingerprint density at radius 2 is 2.36 bits per heavy atom. The number of carboxylic acids is 1. The van der Waals surface area contributed by atoms with Gasteiger partial charge in [0.15, 0.2) is 6.20 Å². The summed E-state index contributed by atoms with van der Waals surface area (Å²) < 4.78 is 1.35. The molecule has 1 rings (SSSR count). The van der Waals surface area contributed by atoms with Gasteiger partial charge < -0.3 is 10.4 Å². The summed E-state index contributed by atoms with van der Waals surface area (Å²) in [6, 6.07) is 1.39. The molecule has 1 aromatic rings. The maximum atomic E-state index is 10.9. The second kappa shape index (κ2) is 4.31. The molecule has 0 bridgehead atoms. The van der Waals surface area contributed by atoms with Crippen molar-refractivity contribution in [2.75, 3.05) is 7.05 Å². The molecule has 0 aliphatic heterocycles. The van der Waals surface area contributed by atoms with E-state index in [1.807, 2.05) is 0 Å². The number of aromatic carboxylic acids is 1. The van der Waals surface area contributed by atoms with E-state index in [9.17, 15) is 9.59 Å². The molecule has 0 unspecified atom stereocenters. The van der Waals surface area contributed by atoms with Crippen molar-refractivity contribution in [1.82, 2.24) is 10.4 Å². The summed E-state index contributed by atoms with van der Waals surface area (Å²) in [5.41, 5.74) is 0.0955. The molecule has 74 valence electrons. The molecule has 1 amide bonds. The lowest BCUT2D eigenvalue weighted by Gasteiger charge is -1.94. The first-order valence-electron chi connectivity index (χ1n) is 3.93. The van der Waals surface area contributed by atoms with Gasteiger partial charge in [-0.1, -0.05) is 4.68 Å². The summed E-state index contributed by atoms with van der Waals surface area (Å²) in [5, 5.41) is 14.8. The minimum absolute atomic E-state index is 0.0798. The van der Waals surface area contributed by atoms with Gasteiger partial charge in [-0.05, 0) is 5.10 Å². The highest BCUT2D eigenvalue weighted by atomic mass is 16.4. The van der Waals surface area contributed by atoms with Crippen LogP contribution in [0.25, 0.3) is 0 Å². The lowest BCUT2D eigenvalue weighted by molar-refractivity contribution is -0.742. The Hall–Kier alpha value is -1.98. The van der Waals surface area contributed by atoms with Crippen LogP contribution in [-0.4, -0.2) is 29.1 Å². The van der Waals surface area contributed by atoms with Crippen LogP contribution in [0, 0.1) is 0 Å². The molecule has 1 aromatic heterocycles. The number of nitrogens with zero attached hydrogens (tertiary/aromatic N) is 2. The lowest BCUT2D eigenvalue weighted by Crippen LogP contribution is -2.44. The molecule has 14 heavy (non-hydrogen) atoms. The van der Waals surface area contributed by atoms with Gasteiger partial charge in [-0.2, -0.15) is 0 Å². The Balaban J connectivity index is 2.73. The molecular formula is C8H10N3O3+. The van der Waals surface area contributed by atoms with Crippen LogP contribution in [0.5, 0.6) is 0 Å². The SMILES string of the molecule is CNC(=O)C[n+]1ccc(C(=O)O)cn1. The predicted octanol–water partition coefficient (Wildman–Crippen LogP) is -1.19. The molecule has 0 fully saturated rings. The Kier molecular flexibility index (Phi) is 3.11. The summed E-state index contributed by atoms with van der Waals surface area (Å²) in [4.78, 5) is 21.4. The van der Waals surface area contributed by atoms with Gasteiger partial charge >= 0.3 is 5.97 Å². The highest BCUT2D eigenvalue weighted by Gasteiger charge is 2.10. The van der Waals surface area contributed by atoms with E-state index in [1.54, 1.807) is 0 Å². The fourth-order valence-corrected chi connectivity index (χ4v) is 0.830. The van der Waals surface area contributed by atoms with Gasteiger partial charge in [-0.25, -0.2) is 4.79 Å². The maximum Gasteiger partial charge on any atom is 0.337 e. The molecule has 0 aromatic carbocycles. The molecule has 6 nitrogen and oxygen atoms in total. The largest absolute Gasteiger partial charge is 0.478 e. The van der Waals surface area contributed by atoms with Crippen molar-refractivity contribution in [2.24, 2.45) is 0 Å². The van der Waals surface area contributed by atoms with Gasteiger partial charge in [0, 0.05) is 13.1 Å². The van der Waals surface area contributed by atoms with E-state index < -0.39 is 5.97 Å². The molecule has 2 N–H and O–H groups in total. The van der Waals surface area contributed by atoms with E-state index in [1.165, 1.54) is 30.2 Å². The lowest BCUT2D eigenvalue weighted by atomic mass is 10.3. The van der Waals surface area contributed by atoms with Gasteiger partial charge in [0.2, 0.25) is 0 Å². The maximum absolute atomic E-state index is 10.9. The quantitative estimate of drug-likeness (QED) is 0.596. The molecule has 0 radical (unpaired) electrons. The van der Waals surface area contributed by atoms with E-state index in [-0.39, 0.29) is 18.0 Å². The van der Waals surface area contributed by atoms with Gasteiger partial charge in [0.1, 0.15) is 6.20 Å². The number of likely N-dealkylation sites (N-methyl/N-ethyl adjacent to an activating group) is 1. The molecule has 0 atom stereocenters. The van der Waals surface area contributed by atoms with Crippen molar-refractivity contribution in [1.29, 1.82) is 0 Å². The molecule has 1 heterocycles. The van der Waals surface area contributed by atoms with Crippen molar-refractivity contribution in [2.45, 2.75) is 6.54 Å².